The van der Waals surface area contributed by atoms with Crippen LogP contribution in [0.25, 0.3) is 10.2 Å². The Hall–Kier alpha value is -1.47. The van der Waals surface area contributed by atoms with E-state index in [0.717, 1.165) is 28.0 Å². The molecule has 27 heavy (non-hydrogen) atoms. The van der Waals surface area contributed by atoms with Crippen LogP contribution in [0.5, 0.6) is 0 Å². The van der Waals surface area contributed by atoms with E-state index in [1.54, 1.807) is 18.2 Å². The van der Waals surface area contributed by atoms with E-state index in [9.17, 15) is 13.2 Å². The SMILES string of the molecule is CS(=O)(=O)c1ccc2nc(NC(=O)CC34CC5CC(CC(C5)C3)C4)sc2c1. The largest absolute Gasteiger partial charge is 0.302 e. The summed E-state index contributed by atoms with van der Waals surface area (Å²) in [4.78, 5) is 17.5. The van der Waals surface area contributed by atoms with E-state index in [-0.39, 0.29) is 16.2 Å². The van der Waals surface area contributed by atoms with Gasteiger partial charge in [-0.1, -0.05) is 11.3 Å². The number of aromatic nitrogens is 1. The van der Waals surface area contributed by atoms with Gasteiger partial charge in [0.2, 0.25) is 5.91 Å². The average Bonchev–Trinajstić information content (AvgIpc) is 2.92. The molecule has 1 aromatic carbocycles. The molecule has 4 saturated carbocycles. The predicted octanol–water partition coefficient (Wildman–Crippen LogP) is 4.24. The number of nitrogens with one attached hydrogen (secondary N) is 1. The van der Waals surface area contributed by atoms with Crippen LogP contribution >= 0.6 is 11.3 Å². The quantitative estimate of drug-likeness (QED) is 0.827. The molecule has 1 amide bonds. The van der Waals surface area contributed by atoms with Gasteiger partial charge in [-0.2, -0.15) is 0 Å². The molecule has 1 N–H and O–H groups in total. The molecule has 4 aliphatic rings. The first-order chi connectivity index (χ1) is 12.8. The fourth-order valence-electron chi connectivity index (χ4n) is 6.20. The Morgan fingerprint density at radius 2 is 1.81 bits per heavy atom. The van der Waals surface area contributed by atoms with Crippen LogP contribution in [-0.2, 0) is 14.6 Å². The van der Waals surface area contributed by atoms with Crippen molar-refractivity contribution in [3.63, 3.8) is 0 Å². The molecule has 4 aliphatic carbocycles. The minimum Gasteiger partial charge on any atom is -0.302 e. The second kappa shape index (κ2) is 6.01. The van der Waals surface area contributed by atoms with Crippen LogP contribution in [0.4, 0.5) is 5.13 Å². The molecule has 0 radical (unpaired) electrons. The maximum Gasteiger partial charge on any atom is 0.226 e. The normalized spacial score (nSPS) is 32.1. The van der Waals surface area contributed by atoms with E-state index in [4.69, 9.17) is 0 Å². The first kappa shape index (κ1) is 17.6. The van der Waals surface area contributed by atoms with Gasteiger partial charge in [0.05, 0.1) is 15.1 Å². The van der Waals surface area contributed by atoms with Crippen molar-refractivity contribution in [3.8, 4) is 0 Å². The Kier molecular flexibility index (Phi) is 3.92. The van der Waals surface area contributed by atoms with Gasteiger partial charge in [-0.05, 0) is 79.9 Å². The minimum absolute atomic E-state index is 0.0549. The zero-order valence-corrected chi connectivity index (χ0v) is 17.0. The molecule has 1 aromatic heterocycles. The van der Waals surface area contributed by atoms with E-state index in [1.807, 2.05) is 0 Å². The molecule has 0 unspecified atom stereocenters. The topological polar surface area (TPSA) is 76.1 Å². The molecule has 0 saturated heterocycles. The number of carbonyl (C=O) groups excluding carboxylic acids is 1. The Morgan fingerprint density at radius 1 is 1.19 bits per heavy atom. The first-order valence-electron chi connectivity index (χ1n) is 9.69. The summed E-state index contributed by atoms with van der Waals surface area (Å²) in [7, 11) is -3.25. The minimum atomic E-state index is -3.25. The fraction of sp³-hybridized carbons (Fsp3) is 0.600. The zero-order chi connectivity index (χ0) is 18.8. The smallest absolute Gasteiger partial charge is 0.226 e. The van der Waals surface area contributed by atoms with Gasteiger partial charge < -0.3 is 5.32 Å². The van der Waals surface area contributed by atoms with Gasteiger partial charge >= 0.3 is 0 Å². The van der Waals surface area contributed by atoms with Gasteiger partial charge in [-0.3, -0.25) is 4.79 Å². The highest BCUT2D eigenvalue weighted by atomic mass is 32.2. The third-order valence-electron chi connectivity index (χ3n) is 6.74. The number of hydrogen-bond acceptors (Lipinski definition) is 5. The van der Waals surface area contributed by atoms with E-state index >= 15 is 0 Å². The summed E-state index contributed by atoms with van der Waals surface area (Å²) >= 11 is 1.34. The molecule has 0 atom stereocenters. The van der Waals surface area contributed by atoms with Crippen LogP contribution in [0.3, 0.4) is 0 Å². The lowest BCUT2D eigenvalue weighted by atomic mass is 9.49. The number of carbonyl (C=O) groups is 1. The highest BCUT2D eigenvalue weighted by Crippen LogP contribution is 2.61. The number of nitrogens with zero attached hydrogens (tertiary/aromatic N) is 1. The van der Waals surface area contributed by atoms with E-state index in [0.29, 0.717) is 11.6 Å². The summed E-state index contributed by atoms with van der Waals surface area (Å²) in [5.41, 5.74) is 0.927. The molecule has 4 bridgehead atoms. The van der Waals surface area contributed by atoms with Crippen molar-refractivity contribution < 1.29 is 13.2 Å². The number of sulfone groups is 1. The maximum absolute atomic E-state index is 12.8. The van der Waals surface area contributed by atoms with Crippen molar-refractivity contribution in [3.05, 3.63) is 18.2 Å². The molecule has 0 aliphatic heterocycles. The standard InChI is InChI=1S/C20H24N2O3S2/c1-27(24,25)15-2-3-16-17(7-15)26-19(21-16)22-18(23)11-20-8-12-4-13(9-20)6-14(5-12)10-20/h2-3,7,12-14H,4-6,8-11H2,1H3,(H,21,22,23). The van der Waals surface area contributed by atoms with Crippen LogP contribution in [0.2, 0.25) is 0 Å². The Morgan fingerprint density at radius 3 is 2.41 bits per heavy atom. The zero-order valence-electron chi connectivity index (χ0n) is 15.4. The monoisotopic (exact) mass is 404 g/mol. The average molecular weight is 405 g/mol. The van der Waals surface area contributed by atoms with Gasteiger partial charge in [0.15, 0.2) is 15.0 Å². The molecular formula is C20H24N2O3S2. The van der Waals surface area contributed by atoms with Crippen LogP contribution in [-0.4, -0.2) is 25.6 Å². The lowest BCUT2D eigenvalue weighted by molar-refractivity contribution is -0.124. The Balaban J connectivity index is 1.32. The second-order valence-corrected chi connectivity index (χ2v) is 12.1. The highest BCUT2D eigenvalue weighted by Gasteiger charge is 2.51. The summed E-state index contributed by atoms with van der Waals surface area (Å²) in [5.74, 6) is 2.56. The molecule has 7 heteroatoms. The number of rotatable bonds is 4. The third kappa shape index (κ3) is 3.29. The molecule has 144 valence electrons. The maximum atomic E-state index is 12.8. The van der Waals surface area contributed by atoms with Crippen LogP contribution in [0, 0.1) is 23.2 Å². The van der Waals surface area contributed by atoms with Crippen molar-refractivity contribution in [2.24, 2.45) is 23.2 Å². The number of benzene rings is 1. The Bertz CT molecular complexity index is 990. The number of amides is 1. The van der Waals surface area contributed by atoms with Crippen LogP contribution in [0.15, 0.2) is 23.1 Å². The van der Waals surface area contributed by atoms with Gasteiger partial charge in [0.1, 0.15) is 0 Å². The molecule has 1 heterocycles. The summed E-state index contributed by atoms with van der Waals surface area (Å²) in [6.45, 7) is 0. The first-order valence-corrected chi connectivity index (χ1v) is 12.4. The lowest BCUT2D eigenvalue weighted by Crippen LogP contribution is -2.47. The Labute approximate surface area is 163 Å². The number of thiazole rings is 1. The predicted molar refractivity (Wildman–Crippen MR) is 107 cm³/mol. The highest BCUT2D eigenvalue weighted by molar-refractivity contribution is 7.90. The fourth-order valence-corrected chi connectivity index (χ4v) is 7.84. The van der Waals surface area contributed by atoms with Crippen molar-refractivity contribution in [1.82, 2.24) is 4.98 Å². The molecule has 0 spiro atoms. The second-order valence-electron chi connectivity index (χ2n) is 9.06. The number of fused-ring (bicyclic) bond motifs is 1. The van der Waals surface area contributed by atoms with Crippen molar-refractivity contribution in [1.29, 1.82) is 0 Å². The number of anilines is 1. The molecule has 5 nitrogen and oxygen atoms in total. The molecule has 4 fully saturated rings. The number of hydrogen-bond donors (Lipinski definition) is 1. The molecular weight excluding hydrogens is 380 g/mol. The van der Waals surface area contributed by atoms with E-state index < -0.39 is 9.84 Å². The van der Waals surface area contributed by atoms with Crippen LogP contribution < -0.4 is 5.32 Å². The lowest BCUT2D eigenvalue weighted by Gasteiger charge is -2.56. The third-order valence-corrected chi connectivity index (χ3v) is 8.78. The summed E-state index contributed by atoms with van der Waals surface area (Å²) < 4.78 is 24.2. The van der Waals surface area contributed by atoms with Crippen molar-refractivity contribution in [2.75, 3.05) is 11.6 Å². The van der Waals surface area contributed by atoms with Crippen molar-refractivity contribution in [2.45, 2.75) is 49.8 Å². The van der Waals surface area contributed by atoms with Gasteiger partial charge in [0, 0.05) is 12.7 Å². The summed E-state index contributed by atoms with van der Waals surface area (Å²) in [5, 5.41) is 3.54. The van der Waals surface area contributed by atoms with Gasteiger partial charge in [0.25, 0.3) is 0 Å². The van der Waals surface area contributed by atoms with Gasteiger partial charge in [-0.15, -0.1) is 0 Å². The summed E-state index contributed by atoms with van der Waals surface area (Å²) in [6, 6.07) is 4.91. The van der Waals surface area contributed by atoms with E-state index in [1.165, 1.54) is 56.1 Å². The van der Waals surface area contributed by atoms with Gasteiger partial charge in [-0.25, -0.2) is 13.4 Å². The van der Waals surface area contributed by atoms with E-state index in [2.05, 4.69) is 10.3 Å². The molecule has 6 rings (SSSR count). The summed E-state index contributed by atoms with van der Waals surface area (Å²) in [6.07, 6.45) is 9.56. The van der Waals surface area contributed by atoms with Crippen LogP contribution in [0.1, 0.15) is 44.9 Å². The van der Waals surface area contributed by atoms with Crippen molar-refractivity contribution >= 4 is 42.4 Å². The molecule has 2 aromatic rings.